The van der Waals surface area contributed by atoms with E-state index in [0.29, 0.717) is 30.3 Å². The molecule has 5 nitrogen and oxygen atoms in total. The molecule has 21 heavy (non-hydrogen) atoms. The molecule has 1 aliphatic rings. The fourth-order valence-corrected chi connectivity index (χ4v) is 2.03. The number of aromatic nitrogens is 2. The summed E-state index contributed by atoms with van der Waals surface area (Å²) in [6, 6.07) is 2.43. The second kappa shape index (κ2) is 5.77. The second-order valence-electron chi connectivity index (χ2n) is 5.04. The zero-order chi connectivity index (χ0) is 14.8. The third-order valence-electron chi connectivity index (χ3n) is 3.26. The number of hydrogen-bond donors (Lipinski definition) is 1. The normalized spacial score (nSPS) is 14.4. The largest absolute Gasteiger partial charge is 0.478 e. The lowest BCUT2D eigenvalue weighted by atomic mass is 10.1. The van der Waals surface area contributed by atoms with Crippen LogP contribution in [0.3, 0.4) is 0 Å². The van der Waals surface area contributed by atoms with Gasteiger partial charge < -0.3 is 15.0 Å². The number of benzene rings is 1. The first-order chi connectivity index (χ1) is 10.2. The topological polar surface area (TPSA) is 74.2 Å². The van der Waals surface area contributed by atoms with E-state index in [1.165, 1.54) is 12.1 Å². The van der Waals surface area contributed by atoms with Crippen LogP contribution in [0.2, 0.25) is 0 Å². The molecule has 2 aromatic rings. The van der Waals surface area contributed by atoms with E-state index in [-0.39, 0.29) is 12.5 Å². The van der Waals surface area contributed by atoms with Crippen molar-refractivity contribution < 1.29 is 18.0 Å². The Labute approximate surface area is 120 Å². The molecular weight excluding hydrogens is 280 g/mol. The summed E-state index contributed by atoms with van der Waals surface area (Å²) < 4.78 is 37.7. The minimum Gasteiger partial charge on any atom is -0.478 e. The van der Waals surface area contributed by atoms with Crippen molar-refractivity contribution in [3.05, 3.63) is 41.0 Å². The molecule has 7 heteroatoms. The van der Waals surface area contributed by atoms with Gasteiger partial charge in [0.25, 0.3) is 5.89 Å². The van der Waals surface area contributed by atoms with Crippen molar-refractivity contribution in [1.82, 2.24) is 10.1 Å². The molecular formula is C14H15F2N3O2. The third-order valence-corrected chi connectivity index (χ3v) is 3.26. The van der Waals surface area contributed by atoms with Crippen LogP contribution in [0.15, 0.2) is 16.7 Å². The molecule has 0 saturated heterocycles. The predicted octanol–water partition coefficient (Wildman–Crippen LogP) is 2.31. The third kappa shape index (κ3) is 3.18. The van der Waals surface area contributed by atoms with E-state index in [4.69, 9.17) is 15.0 Å². The average molecular weight is 295 g/mol. The Morgan fingerprint density at radius 2 is 2.00 bits per heavy atom. The van der Waals surface area contributed by atoms with Gasteiger partial charge in [-0.15, -0.1) is 0 Å². The molecule has 1 fully saturated rings. The number of ether oxygens (including phenoxy) is 1. The van der Waals surface area contributed by atoms with Gasteiger partial charge in [0.15, 0.2) is 29.8 Å². The Morgan fingerprint density at radius 3 is 2.62 bits per heavy atom. The molecule has 0 unspecified atom stereocenters. The van der Waals surface area contributed by atoms with Gasteiger partial charge in [0, 0.05) is 5.92 Å². The van der Waals surface area contributed by atoms with Crippen molar-refractivity contribution in [2.24, 2.45) is 5.73 Å². The minimum absolute atomic E-state index is 0.163. The molecule has 1 aliphatic carbocycles. The SMILES string of the molecule is NCCc1cc(F)c(OCc2nc(C3CC3)no2)c(F)c1. The first-order valence-electron chi connectivity index (χ1n) is 6.80. The van der Waals surface area contributed by atoms with Gasteiger partial charge >= 0.3 is 0 Å². The van der Waals surface area contributed by atoms with Gasteiger partial charge in [-0.2, -0.15) is 4.98 Å². The van der Waals surface area contributed by atoms with E-state index in [0.717, 1.165) is 12.8 Å². The molecule has 0 radical (unpaired) electrons. The van der Waals surface area contributed by atoms with Crippen LogP contribution >= 0.6 is 0 Å². The Morgan fingerprint density at radius 1 is 1.29 bits per heavy atom. The van der Waals surface area contributed by atoms with Gasteiger partial charge in [-0.3, -0.25) is 0 Å². The van der Waals surface area contributed by atoms with Crippen LogP contribution in [-0.2, 0) is 13.0 Å². The highest BCUT2D eigenvalue weighted by atomic mass is 19.1. The highest BCUT2D eigenvalue weighted by Crippen LogP contribution is 2.38. The molecule has 1 saturated carbocycles. The zero-order valence-corrected chi connectivity index (χ0v) is 11.3. The van der Waals surface area contributed by atoms with Gasteiger partial charge in [-0.05, 0) is 43.5 Å². The van der Waals surface area contributed by atoms with E-state index >= 15 is 0 Å². The lowest BCUT2D eigenvalue weighted by Crippen LogP contribution is -2.05. The fraction of sp³-hybridized carbons (Fsp3) is 0.429. The Kier molecular flexibility index (Phi) is 3.83. The van der Waals surface area contributed by atoms with Crippen LogP contribution in [0.4, 0.5) is 8.78 Å². The summed E-state index contributed by atoms with van der Waals surface area (Å²) in [6.07, 6.45) is 2.50. The first kappa shape index (κ1) is 13.9. The predicted molar refractivity (Wildman–Crippen MR) is 69.7 cm³/mol. The summed E-state index contributed by atoms with van der Waals surface area (Å²) in [4.78, 5) is 4.13. The fourth-order valence-electron chi connectivity index (χ4n) is 2.03. The van der Waals surface area contributed by atoms with Gasteiger partial charge in [-0.1, -0.05) is 5.16 Å². The molecule has 0 spiro atoms. The number of rotatable bonds is 6. The molecule has 112 valence electrons. The molecule has 0 aliphatic heterocycles. The molecule has 1 aromatic heterocycles. The van der Waals surface area contributed by atoms with Crippen LogP contribution in [0.1, 0.15) is 36.0 Å². The van der Waals surface area contributed by atoms with Gasteiger partial charge in [0.05, 0.1) is 0 Å². The van der Waals surface area contributed by atoms with Crippen molar-refractivity contribution in [2.45, 2.75) is 31.8 Å². The first-order valence-corrected chi connectivity index (χ1v) is 6.80. The van der Waals surface area contributed by atoms with Crippen LogP contribution in [0, 0.1) is 11.6 Å². The van der Waals surface area contributed by atoms with Crippen LogP contribution in [-0.4, -0.2) is 16.7 Å². The van der Waals surface area contributed by atoms with E-state index < -0.39 is 17.4 Å². The Balaban J connectivity index is 1.68. The maximum Gasteiger partial charge on any atom is 0.264 e. The zero-order valence-electron chi connectivity index (χ0n) is 11.3. The molecule has 0 amide bonds. The maximum atomic E-state index is 13.8. The van der Waals surface area contributed by atoms with Gasteiger partial charge in [0.1, 0.15) is 0 Å². The van der Waals surface area contributed by atoms with Crippen LogP contribution in [0.5, 0.6) is 5.75 Å². The molecule has 0 bridgehead atoms. The standard InChI is InChI=1S/C14H15F2N3O2/c15-10-5-8(3-4-17)6-11(16)13(10)20-7-12-18-14(19-21-12)9-1-2-9/h5-6,9H,1-4,7,17H2. The summed E-state index contributed by atoms with van der Waals surface area (Å²) >= 11 is 0. The van der Waals surface area contributed by atoms with Crippen molar-refractivity contribution >= 4 is 0 Å². The molecule has 2 N–H and O–H groups in total. The lowest BCUT2D eigenvalue weighted by Gasteiger charge is -2.08. The van der Waals surface area contributed by atoms with Crippen molar-refractivity contribution in [3.63, 3.8) is 0 Å². The highest BCUT2D eigenvalue weighted by Gasteiger charge is 2.28. The molecule has 1 aromatic carbocycles. The van der Waals surface area contributed by atoms with Crippen molar-refractivity contribution in [2.75, 3.05) is 6.54 Å². The van der Waals surface area contributed by atoms with Crippen molar-refractivity contribution in [3.8, 4) is 5.75 Å². The van der Waals surface area contributed by atoms with Crippen LogP contribution in [0.25, 0.3) is 0 Å². The summed E-state index contributed by atoms with van der Waals surface area (Å²) in [5.41, 5.74) is 5.86. The summed E-state index contributed by atoms with van der Waals surface area (Å²) in [6.45, 7) is 0.162. The van der Waals surface area contributed by atoms with E-state index in [9.17, 15) is 8.78 Å². The Hall–Kier alpha value is -2.02. The van der Waals surface area contributed by atoms with Crippen molar-refractivity contribution in [1.29, 1.82) is 0 Å². The number of nitrogens with zero attached hydrogens (tertiary/aromatic N) is 2. The number of halogens is 2. The molecule has 1 heterocycles. The van der Waals surface area contributed by atoms with E-state index in [1.54, 1.807) is 0 Å². The lowest BCUT2D eigenvalue weighted by molar-refractivity contribution is 0.224. The maximum absolute atomic E-state index is 13.8. The highest BCUT2D eigenvalue weighted by molar-refractivity contribution is 5.31. The smallest absolute Gasteiger partial charge is 0.264 e. The number of hydrogen-bond acceptors (Lipinski definition) is 5. The Bertz CT molecular complexity index is 618. The summed E-state index contributed by atoms with van der Waals surface area (Å²) in [5, 5.41) is 3.81. The van der Waals surface area contributed by atoms with E-state index in [2.05, 4.69) is 10.1 Å². The van der Waals surface area contributed by atoms with Gasteiger partial charge in [-0.25, -0.2) is 8.78 Å². The summed E-state index contributed by atoms with van der Waals surface area (Å²) in [5.74, 6) is -0.774. The van der Waals surface area contributed by atoms with E-state index in [1.807, 2.05) is 0 Å². The minimum atomic E-state index is -0.764. The summed E-state index contributed by atoms with van der Waals surface area (Å²) in [7, 11) is 0. The monoisotopic (exact) mass is 295 g/mol. The number of nitrogens with two attached hydrogens (primary N) is 1. The molecule has 0 atom stereocenters. The van der Waals surface area contributed by atoms with Crippen LogP contribution < -0.4 is 10.5 Å². The quantitative estimate of drug-likeness (QED) is 0.885. The molecule has 3 rings (SSSR count). The average Bonchev–Trinajstić information content (AvgIpc) is 3.18. The van der Waals surface area contributed by atoms with Gasteiger partial charge in [0.2, 0.25) is 0 Å². The second-order valence-corrected chi connectivity index (χ2v) is 5.04.